The van der Waals surface area contributed by atoms with Crippen molar-refractivity contribution < 1.29 is 0 Å². The van der Waals surface area contributed by atoms with E-state index in [9.17, 15) is 0 Å². The van der Waals surface area contributed by atoms with Gasteiger partial charge in [0.15, 0.2) is 0 Å². The molecule has 8 heavy (non-hydrogen) atoms. The second-order valence-corrected chi connectivity index (χ2v) is 3.67. The van der Waals surface area contributed by atoms with E-state index in [1.165, 1.54) is 10.9 Å². The van der Waals surface area contributed by atoms with Crippen LogP contribution in [-0.4, -0.2) is 0 Å². The highest BCUT2D eigenvalue weighted by atomic mass is 79.9. The van der Waals surface area contributed by atoms with E-state index in [2.05, 4.69) is 42.8 Å². The minimum absolute atomic E-state index is 0.780. The second kappa shape index (κ2) is 4.13. The van der Waals surface area contributed by atoms with Crippen LogP contribution in [0.4, 0.5) is 0 Å². The average Bonchev–Trinajstić information content (AvgIpc) is 1.61. The van der Waals surface area contributed by atoms with Gasteiger partial charge in [0.05, 0.1) is 0 Å². The molecule has 0 N–H and O–H groups in total. The van der Waals surface area contributed by atoms with E-state index in [1.54, 1.807) is 0 Å². The molecule has 0 saturated carbocycles. The van der Waals surface area contributed by atoms with E-state index in [0.717, 1.165) is 5.92 Å². The van der Waals surface area contributed by atoms with Gasteiger partial charge in [0.1, 0.15) is 0 Å². The number of allylic oxidation sites excluding steroid dienone is 2. The molecule has 0 spiro atoms. The van der Waals surface area contributed by atoms with Crippen LogP contribution in [0.3, 0.4) is 0 Å². The summed E-state index contributed by atoms with van der Waals surface area (Å²) < 4.78 is 1.24. The van der Waals surface area contributed by atoms with E-state index < -0.39 is 0 Å². The minimum atomic E-state index is 0.780. The first-order valence-corrected chi connectivity index (χ1v) is 3.74. The minimum Gasteiger partial charge on any atom is -0.0744 e. The van der Waals surface area contributed by atoms with E-state index in [4.69, 9.17) is 0 Å². The molecule has 1 heteroatoms. The molecule has 0 atom stereocenters. The molecule has 0 rings (SSSR count). The molecule has 0 unspecified atom stereocenters. The summed E-state index contributed by atoms with van der Waals surface area (Å²) >= 11 is 3.36. The maximum atomic E-state index is 3.36. The predicted octanol–water partition coefficient (Wildman–Crippen LogP) is 3.33. The van der Waals surface area contributed by atoms with Crippen molar-refractivity contribution in [3.63, 3.8) is 0 Å². The molecule has 48 valence electrons. The molecule has 0 radical (unpaired) electrons. The van der Waals surface area contributed by atoms with Crippen LogP contribution in [0.5, 0.6) is 0 Å². The zero-order valence-electron chi connectivity index (χ0n) is 5.74. The van der Waals surface area contributed by atoms with Gasteiger partial charge in [-0.1, -0.05) is 35.9 Å². The largest absolute Gasteiger partial charge is 0.0744 e. The van der Waals surface area contributed by atoms with Crippen LogP contribution in [0.15, 0.2) is 10.6 Å². The summed E-state index contributed by atoms with van der Waals surface area (Å²) in [6, 6.07) is 0. The van der Waals surface area contributed by atoms with Crippen molar-refractivity contribution in [2.45, 2.75) is 27.2 Å². The Hall–Kier alpha value is 0.220. The summed E-state index contributed by atoms with van der Waals surface area (Å²) in [5.41, 5.74) is 0. The third-order valence-electron chi connectivity index (χ3n) is 0.871. The lowest BCUT2D eigenvalue weighted by atomic mass is 10.1. The molecular formula is C7H13Br. The summed E-state index contributed by atoms with van der Waals surface area (Å²) in [5.74, 6) is 0.780. The van der Waals surface area contributed by atoms with Crippen LogP contribution >= 0.6 is 15.9 Å². The zero-order chi connectivity index (χ0) is 6.57. The Balaban J connectivity index is 3.29. The molecule has 0 heterocycles. The van der Waals surface area contributed by atoms with Crippen LogP contribution in [0, 0.1) is 5.92 Å². The van der Waals surface area contributed by atoms with Crippen molar-refractivity contribution in [3.8, 4) is 0 Å². The van der Waals surface area contributed by atoms with E-state index >= 15 is 0 Å². The Kier molecular flexibility index (Phi) is 4.25. The first kappa shape index (κ1) is 8.22. The van der Waals surface area contributed by atoms with Gasteiger partial charge in [0, 0.05) is 0 Å². The summed E-state index contributed by atoms with van der Waals surface area (Å²) in [4.78, 5) is 0. The molecule has 0 saturated heterocycles. The summed E-state index contributed by atoms with van der Waals surface area (Å²) in [5, 5.41) is 0. The van der Waals surface area contributed by atoms with Gasteiger partial charge in [-0.05, 0) is 23.7 Å². The Morgan fingerprint density at radius 2 is 2.12 bits per heavy atom. The van der Waals surface area contributed by atoms with Crippen LogP contribution < -0.4 is 0 Å². The van der Waals surface area contributed by atoms with Crippen LogP contribution in [0.1, 0.15) is 27.2 Å². The van der Waals surface area contributed by atoms with Crippen molar-refractivity contribution in [1.29, 1.82) is 0 Å². The summed E-state index contributed by atoms with van der Waals surface area (Å²) in [6.45, 7) is 6.49. The monoisotopic (exact) mass is 176 g/mol. The van der Waals surface area contributed by atoms with E-state index in [0.29, 0.717) is 0 Å². The quantitative estimate of drug-likeness (QED) is 0.606. The van der Waals surface area contributed by atoms with Crippen molar-refractivity contribution in [2.24, 2.45) is 5.92 Å². The lowest BCUT2D eigenvalue weighted by molar-refractivity contribution is 0.663. The fraction of sp³-hybridized carbons (Fsp3) is 0.714. The van der Waals surface area contributed by atoms with Crippen LogP contribution in [0.25, 0.3) is 0 Å². The normalized spacial score (nSPS) is 12.9. The summed E-state index contributed by atoms with van der Waals surface area (Å²) in [6.07, 6.45) is 3.38. The molecule has 0 aliphatic carbocycles. The maximum absolute atomic E-state index is 3.36. The van der Waals surface area contributed by atoms with Crippen molar-refractivity contribution in [1.82, 2.24) is 0 Å². The maximum Gasteiger partial charge on any atom is -0.0120 e. The van der Waals surface area contributed by atoms with Gasteiger partial charge in [0.25, 0.3) is 0 Å². The third kappa shape index (κ3) is 6.22. The molecule has 0 nitrogen and oxygen atoms in total. The van der Waals surface area contributed by atoms with Gasteiger partial charge >= 0.3 is 0 Å². The molecule has 0 aromatic rings. The fourth-order valence-corrected chi connectivity index (χ4v) is 0.585. The van der Waals surface area contributed by atoms with Crippen molar-refractivity contribution >= 4 is 15.9 Å². The smallest absolute Gasteiger partial charge is 0.0120 e. The molecular weight excluding hydrogens is 164 g/mol. The van der Waals surface area contributed by atoms with Gasteiger partial charge in [0.2, 0.25) is 0 Å². The van der Waals surface area contributed by atoms with Gasteiger partial charge in [-0.15, -0.1) is 0 Å². The standard InChI is InChI=1S/C7H13Br/c1-6(2)4-5-7(3)8/h5-6H,4H2,1-3H3. The van der Waals surface area contributed by atoms with Gasteiger partial charge in [-0.25, -0.2) is 0 Å². The van der Waals surface area contributed by atoms with Gasteiger partial charge in [-0.2, -0.15) is 0 Å². The Bertz CT molecular complexity index is 78.4. The number of hydrogen-bond acceptors (Lipinski definition) is 0. The summed E-state index contributed by atoms with van der Waals surface area (Å²) in [7, 11) is 0. The second-order valence-electron chi connectivity index (χ2n) is 2.42. The molecule has 0 aromatic heterocycles. The van der Waals surface area contributed by atoms with E-state index in [-0.39, 0.29) is 0 Å². The Labute approximate surface area is 60.1 Å². The Morgan fingerprint density at radius 3 is 2.25 bits per heavy atom. The van der Waals surface area contributed by atoms with Crippen molar-refractivity contribution in [3.05, 3.63) is 10.6 Å². The first-order valence-electron chi connectivity index (χ1n) is 2.95. The highest BCUT2D eigenvalue weighted by molar-refractivity contribution is 9.11. The predicted molar refractivity (Wildman–Crippen MR) is 42.1 cm³/mol. The number of rotatable bonds is 2. The van der Waals surface area contributed by atoms with Gasteiger partial charge < -0.3 is 0 Å². The van der Waals surface area contributed by atoms with E-state index in [1.807, 2.05) is 0 Å². The highest BCUT2D eigenvalue weighted by Crippen LogP contribution is 2.07. The molecule has 0 amide bonds. The number of hydrogen-bond donors (Lipinski definition) is 0. The SMILES string of the molecule is CC(Br)=CCC(C)C. The first-order chi connectivity index (χ1) is 3.63. The van der Waals surface area contributed by atoms with Crippen molar-refractivity contribution in [2.75, 3.05) is 0 Å². The average molecular weight is 177 g/mol. The van der Waals surface area contributed by atoms with Crippen LogP contribution in [0.2, 0.25) is 0 Å². The third-order valence-corrected chi connectivity index (χ3v) is 1.19. The number of halogens is 1. The topological polar surface area (TPSA) is 0 Å². The fourth-order valence-electron chi connectivity index (χ4n) is 0.398. The highest BCUT2D eigenvalue weighted by Gasteiger charge is 1.87. The Morgan fingerprint density at radius 1 is 1.62 bits per heavy atom. The lowest BCUT2D eigenvalue weighted by Crippen LogP contribution is -1.81. The van der Waals surface area contributed by atoms with Crippen LogP contribution in [-0.2, 0) is 0 Å². The lowest BCUT2D eigenvalue weighted by Gasteiger charge is -1.95. The molecule has 0 aliphatic rings. The molecule has 0 fully saturated rings. The molecule has 0 aliphatic heterocycles. The molecule has 0 bridgehead atoms. The zero-order valence-corrected chi connectivity index (χ0v) is 7.33. The molecule has 0 aromatic carbocycles. The van der Waals surface area contributed by atoms with Gasteiger partial charge in [-0.3, -0.25) is 0 Å².